The highest BCUT2D eigenvalue weighted by atomic mass is 16.3. The first-order valence-electron chi connectivity index (χ1n) is 5.02. The maximum absolute atomic E-state index is 9.46. The van der Waals surface area contributed by atoms with Gasteiger partial charge in [-0.15, -0.1) is 0 Å². The molecule has 1 N–H and O–H groups in total. The average Bonchev–Trinajstić information content (AvgIpc) is 2.12. The van der Waals surface area contributed by atoms with Gasteiger partial charge in [0.15, 0.2) is 0 Å². The molecule has 0 aliphatic carbocycles. The van der Waals surface area contributed by atoms with Crippen molar-refractivity contribution in [1.29, 1.82) is 0 Å². The Labute approximate surface area is 80.4 Å². The van der Waals surface area contributed by atoms with Crippen LogP contribution in [0.25, 0.3) is 0 Å². The van der Waals surface area contributed by atoms with Crippen molar-refractivity contribution in [3.05, 3.63) is 29.3 Å². The number of aryl methyl sites for hydroxylation is 2. The second-order valence-electron chi connectivity index (χ2n) is 3.58. The minimum Gasteiger partial charge on any atom is -0.508 e. The Kier molecular flexibility index (Phi) is 3.81. The van der Waals surface area contributed by atoms with Crippen molar-refractivity contribution in [2.75, 3.05) is 0 Å². The molecule has 0 heterocycles. The zero-order valence-corrected chi connectivity index (χ0v) is 8.51. The van der Waals surface area contributed by atoms with E-state index in [1.165, 1.54) is 24.8 Å². The smallest absolute Gasteiger partial charge is 0.118 e. The number of hydrogen-bond donors (Lipinski definition) is 1. The fourth-order valence-corrected chi connectivity index (χ4v) is 1.39. The fourth-order valence-electron chi connectivity index (χ4n) is 1.39. The Morgan fingerprint density at radius 3 is 2.62 bits per heavy atom. The zero-order chi connectivity index (χ0) is 9.68. The van der Waals surface area contributed by atoms with Gasteiger partial charge in [-0.25, -0.2) is 0 Å². The molecule has 1 aromatic carbocycles. The Morgan fingerprint density at radius 2 is 2.00 bits per heavy atom. The van der Waals surface area contributed by atoms with E-state index in [1.807, 2.05) is 19.1 Å². The van der Waals surface area contributed by atoms with Gasteiger partial charge in [0.05, 0.1) is 0 Å². The molecular formula is C12H18O. The van der Waals surface area contributed by atoms with Crippen molar-refractivity contribution in [2.24, 2.45) is 0 Å². The molecule has 0 spiro atoms. The van der Waals surface area contributed by atoms with Crippen molar-refractivity contribution >= 4 is 0 Å². The predicted molar refractivity (Wildman–Crippen MR) is 56.1 cm³/mol. The summed E-state index contributed by atoms with van der Waals surface area (Å²) in [5, 5.41) is 9.46. The lowest BCUT2D eigenvalue weighted by Gasteiger charge is -2.03. The Hall–Kier alpha value is -0.980. The molecule has 0 saturated heterocycles. The fraction of sp³-hybridized carbons (Fsp3) is 0.500. The lowest BCUT2D eigenvalue weighted by molar-refractivity contribution is 0.470. The number of unbranched alkanes of at least 4 members (excludes halogenated alkanes) is 2. The van der Waals surface area contributed by atoms with Crippen molar-refractivity contribution in [3.63, 3.8) is 0 Å². The van der Waals surface area contributed by atoms with E-state index in [0.717, 1.165) is 12.0 Å². The van der Waals surface area contributed by atoms with Gasteiger partial charge >= 0.3 is 0 Å². The van der Waals surface area contributed by atoms with Crippen molar-refractivity contribution in [1.82, 2.24) is 0 Å². The van der Waals surface area contributed by atoms with Crippen LogP contribution in [0.5, 0.6) is 5.75 Å². The van der Waals surface area contributed by atoms with E-state index in [4.69, 9.17) is 0 Å². The monoisotopic (exact) mass is 178 g/mol. The standard InChI is InChI=1S/C12H18O/c1-3-4-5-6-11-8-7-10(2)12(13)9-11/h7-9,13H,3-6H2,1-2H3. The number of hydrogen-bond acceptors (Lipinski definition) is 1. The lowest BCUT2D eigenvalue weighted by Crippen LogP contribution is -1.86. The largest absolute Gasteiger partial charge is 0.508 e. The average molecular weight is 178 g/mol. The van der Waals surface area contributed by atoms with Gasteiger partial charge in [-0.05, 0) is 37.0 Å². The molecular weight excluding hydrogens is 160 g/mol. The second kappa shape index (κ2) is 4.90. The van der Waals surface area contributed by atoms with Gasteiger partial charge in [0.2, 0.25) is 0 Å². The van der Waals surface area contributed by atoms with Crippen LogP contribution in [0.2, 0.25) is 0 Å². The van der Waals surface area contributed by atoms with Gasteiger partial charge in [0.25, 0.3) is 0 Å². The zero-order valence-electron chi connectivity index (χ0n) is 8.51. The van der Waals surface area contributed by atoms with Crippen molar-refractivity contribution < 1.29 is 5.11 Å². The van der Waals surface area contributed by atoms with Gasteiger partial charge in [0.1, 0.15) is 5.75 Å². The minimum atomic E-state index is 0.425. The summed E-state index contributed by atoms with van der Waals surface area (Å²) in [6, 6.07) is 5.96. The topological polar surface area (TPSA) is 20.2 Å². The molecule has 0 atom stereocenters. The molecule has 1 nitrogen and oxygen atoms in total. The normalized spacial score (nSPS) is 10.3. The van der Waals surface area contributed by atoms with E-state index in [1.54, 1.807) is 0 Å². The highest BCUT2D eigenvalue weighted by Crippen LogP contribution is 2.18. The van der Waals surface area contributed by atoms with Gasteiger partial charge < -0.3 is 5.11 Å². The van der Waals surface area contributed by atoms with Gasteiger partial charge in [-0.3, -0.25) is 0 Å². The Morgan fingerprint density at radius 1 is 1.23 bits per heavy atom. The molecule has 0 saturated carbocycles. The first-order valence-corrected chi connectivity index (χ1v) is 5.02. The van der Waals surface area contributed by atoms with Crippen LogP contribution >= 0.6 is 0 Å². The van der Waals surface area contributed by atoms with E-state index >= 15 is 0 Å². The van der Waals surface area contributed by atoms with E-state index in [0.29, 0.717) is 5.75 Å². The van der Waals surface area contributed by atoms with Crippen molar-refractivity contribution in [3.8, 4) is 5.75 Å². The molecule has 1 aromatic rings. The number of aromatic hydroxyl groups is 1. The summed E-state index contributed by atoms with van der Waals surface area (Å²) in [5.74, 6) is 0.425. The molecule has 0 amide bonds. The lowest BCUT2D eigenvalue weighted by atomic mass is 10.1. The maximum Gasteiger partial charge on any atom is 0.118 e. The molecule has 0 unspecified atom stereocenters. The third-order valence-electron chi connectivity index (χ3n) is 2.34. The summed E-state index contributed by atoms with van der Waals surface area (Å²) in [4.78, 5) is 0. The summed E-state index contributed by atoms with van der Waals surface area (Å²) < 4.78 is 0. The van der Waals surface area contributed by atoms with E-state index in [9.17, 15) is 5.11 Å². The van der Waals surface area contributed by atoms with E-state index < -0.39 is 0 Å². The first kappa shape index (κ1) is 10.1. The molecule has 0 fully saturated rings. The van der Waals surface area contributed by atoms with Crippen LogP contribution < -0.4 is 0 Å². The third kappa shape index (κ3) is 3.10. The SMILES string of the molecule is CCCCCc1ccc(C)c(O)c1. The third-order valence-corrected chi connectivity index (χ3v) is 2.34. The summed E-state index contributed by atoms with van der Waals surface area (Å²) >= 11 is 0. The van der Waals surface area contributed by atoms with Gasteiger partial charge in [-0.1, -0.05) is 31.9 Å². The highest BCUT2D eigenvalue weighted by molar-refractivity contribution is 5.35. The first-order chi connectivity index (χ1) is 6.24. The Bertz CT molecular complexity index is 266. The highest BCUT2D eigenvalue weighted by Gasteiger charge is 1.97. The van der Waals surface area contributed by atoms with Crippen molar-refractivity contribution in [2.45, 2.75) is 39.5 Å². The number of phenols is 1. The minimum absolute atomic E-state index is 0.425. The second-order valence-corrected chi connectivity index (χ2v) is 3.58. The molecule has 1 heteroatoms. The Balaban J connectivity index is 2.53. The van der Waals surface area contributed by atoms with Crippen LogP contribution in [0.15, 0.2) is 18.2 Å². The quantitative estimate of drug-likeness (QED) is 0.700. The molecule has 72 valence electrons. The summed E-state index contributed by atoms with van der Waals surface area (Å²) in [5.41, 5.74) is 2.20. The van der Waals surface area contributed by atoms with Crippen LogP contribution in [0.4, 0.5) is 0 Å². The summed E-state index contributed by atoms with van der Waals surface area (Å²) in [6.45, 7) is 4.12. The molecule has 1 rings (SSSR count). The van der Waals surface area contributed by atoms with E-state index in [2.05, 4.69) is 13.0 Å². The molecule has 0 aliphatic heterocycles. The molecule has 0 bridgehead atoms. The maximum atomic E-state index is 9.46. The molecule has 0 aromatic heterocycles. The van der Waals surface area contributed by atoms with E-state index in [-0.39, 0.29) is 0 Å². The summed E-state index contributed by atoms with van der Waals surface area (Å²) in [7, 11) is 0. The van der Waals surface area contributed by atoms with Crippen LogP contribution in [0.3, 0.4) is 0 Å². The number of rotatable bonds is 4. The van der Waals surface area contributed by atoms with Crippen LogP contribution in [0.1, 0.15) is 37.3 Å². The van der Waals surface area contributed by atoms with Crippen LogP contribution in [-0.2, 0) is 6.42 Å². The molecule has 13 heavy (non-hydrogen) atoms. The summed E-state index contributed by atoms with van der Waals surface area (Å²) in [6.07, 6.45) is 4.83. The van der Waals surface area contributed by atoms with Gasteiger partial charge in [-0.2, -0.15) is 0 Å². The predicted octanol–water partition coefficient (Wildman–Crippen LogP) is 3.43. The van der Waals surface area contributed by atoms with Crippen LogP contribution in [-0.4, -0.2) is 5.11 Å². The van der Waals surface area contributed by atoms with Crippen LogP contribution in [0, 0.1) is 6.92 Å². The number of benzene rings is 1. The van der Waals surface area contributed by atoms with Gasteiger partial charge in [0, 0.05) is 0 Å². The molecule has 0 aliphatic rings. The molecule has 0 radical (unpaired) electrons. The number of phenolic OH excluding ortho intramolecular Hbond substituents is 1.